The van der Waals surface area contributed by atoms with Gasteiger partial charge in [0.25, 0.3) is 0 Å². The van der Waals surface area contributed by atoms with Gasteiger partial charge in [-0.15, -0.1) is 0 Å². The number of aryl methyl sites for hydroxylation is 6. The first-order chi connectivity index (χ1) is 13.0. The maximum absolute atomic E-state index is 5.75. The summed E-state index contributed by atoms with van der Waals surface area (Å²) >= 11 is 0. The van der Waals surface area contributed by atoms with E-state index in [0.29, 0.717) is 0 Å². The highest BCUT2D eigenvalue weighted by atomic mass is 16.3. The van der Waals surface area contributed by atoms with E-state index in [1.54, 1.807) is 0 Å². The Morgan fingerprint density at radius 3 is 2.30 bits per heavy atom. The van der Waals surface area contributed by atoms with Gasteiger partial charge in [0.2, 0.25) is 0 Å². The number of rotatable bonds is 5. The average Bonchev–Trinajstić information content (AvgIpc) is 3.19. The third-order valence-corrected chi connectivity index (χ3v) is 5.30. The van der Waals surface area contributed by atoms with Crippen LogP contribution in [0.15, 0.2) is 52.9 Å². The summed E-state index contributed by atoms with van der Waals surface area (Å²) < 4.78 is 8.12. The molecule has 0 unspecified atom stereocenters. The predicted octanol–water partition coefficient (Wildman–Crippen LogP) is 5.70. The van der Waals surface area contributed by atoms with Crippen LogP contribution in [0, 0.1) is 27.7 Å². The Morgan fingerprint density at radius 2 is 1.59 bits per heavy atom. The van der Waals surface area contributed by atoms with Gasteiger partial charge < -0.3 is 8.98 Å². The molecular weight excluding hydrogens is 332 g/mol. The van der Waals surface area contributed by atoms with Gasteiger partial charge in [-0.2, -0.15) is 0 Å². The number of nitrogens with zero attached hydrogens (tertiary/aromatic N) is 2. The second-order valence-electron chi connectivity index (χ2n) is 7.54. The number of fused-ring (bicyclic) bond motifs is 1. The summed E-state index contributed by atoms with van der Waals surface area (Å²) in [5, 5.41) is 0. The van der Waals surface area contributed by atoms with Gasteiger partial charge in [-0.05, 0) is 68.7 Å². The molecule has 2 aromatic carbocycles. The molecular formula is C24H26N2O. The first-order valence-corrected chi connectivity index (χ1v) is 9.57. The smallest absolute Gasteiger partial charge is 0.110 e. The Labute approximate surface area is 160 Å². The van der Waals surface area contributed by atoms with Gasteiger partial charge in [-0.3, -0.25) is 0 Å². The van der Waals surface area contributed by atoms with Crippen LogP contribution >= 0.6 is 0 Å². The van der Waals surface area contributed by atoms with Crippen molar-refractivity contribution < 1.29 is 4.42 Å². The average molecular weight is 358 g/mol. The minimum Gasteiger partial charge on any atom is -0.466 e. The van der Waals surface area contributed by atoms with Crippen molar-refractivity contribution in [1.29, 1.82) is 0 Å². The molecule has 0 bridgehead atoms. The zero-order chi connectivity index (χ0) is 19.0. The van der Waals surface area contributed by atoms with E-state index in [2.05, 4.69) is 67.8 Å². The molecule has 0 atom stereocenters. The minimum atomic E-state index is 0.839. The summed E-state index contributed by atoms with van der Waals surface area (Å²) in [7, 11) is 0. The van der Waals surface area contributed by atoms with Crippen LogP contribution in [0.1, 0.15) is 39.6 Å². The van der Waals surface area contributed by atoms with Gasteiger partial charge in [0.1, 0.15) is 17.3 Å². The molecule has 0 fully saturated rings. The molecule has 4 aromatic rings. The fourth-order valence-corrected chi connectivity index (χ4v) is 3.53. The summed E-state index contributed by atoms with van der Waals surface area (Å²) in [6.07, 6.45) is 1.73. The molecule has 2 heterocycles. The van der Waals surface area contributed by atoms with E-state index in [1.807, 2.05) is 13.0 Å². The Balaban J connectivity index is 1.72. The molecule has 4 rings (SSSR count). The largest absolute Gasteiger partial charge is 0.466 e. The SMILES string of the molecule is Cc1ccc(Cn2c(CCc3ccc(C)o3)nc3cc(C)c(C)cc32)cc1. The molecule has 138 valence electrons. The van der Waals surface area contributed by atoms with Crippen LogP contribution in [0.2, 0.25) is 0 Å². The van der Waals surface area contributed by atoms with Crippen LogP contribution in [-0.2, 0) is 19.4 Å². The number of aromatic nitrogens is 2. The molecule has 0 radical (unpaired) electrons. The molecule has 3 nitrogen and oxygen atoms in total. The van der Waals surface area contributed by atoms with Gasteiger partial charge in [0, 0.05) is 19.4 Å². The lowest BCUT2D eigenvalue weighted by Crippen LogP contribution is -2.06. The predicted molar refractivity (Wildman–Crippen MR) is 110 cm³/mol. The van der Waals surface area contributed by atoms with Crippen LogP contribution in [0.5, 0.6) is 0 Å². The lowest BCUT2D eigenvalue weighted by Gasteiger charge is -2.10. The van der Waals surface area contributed by atoms with Crippen LogP contribution in [0.4, 0.5) is 0 Å². The van der Waals surface area contributed by atoms with E-state index in [0.717, 1.165) is 42.2 Å². The van der Waals surface area contributed by atoms with Gasteiger partial charge in [-0.1, -0.05) is 29.8 Å². The fourth-order valence-electron chi connectivity index (χ4n) is 3.53. The molecule has 0 aliphatic rings. The van der Waals surface area contributed by atoms with Gasteiger partial charge in [0.05, 0.1) is 11.0 Å². The Morgan fingerprint density at radius 1 is 0.852 bits per heavy atom. The fraction of sp³-hybridized carbons (Fsp3) is 0.292. The summed E-state index contributed by atoms with van der Waals surface area (Å²) in [5.74, 6) is 3.10. The maximum atomic E-state index is 5.75. The Bertz CT molecular complexity index is 1080. The van der Waals surface area contributed by atoms with Crippen molar-refractivity contribution in [2.24, 2.45) is 0 Å². The van der Waals surface area contributed by atoms with Crippen molar-refractivity contribution in [2.75, 3.05) is 0 Å². The normalized spacial score (nSPS) is 11.4. The Kier molecular flexibility index (Phi) is 4.61. The second kappa shape index (κ2) is 7.07. The highest BCUT2D eigenvalue weighted by molar-refractivity contribution is 5.78. The molecule has 2 aromatic heterocycles. The van der Waals surface area contributed by atoms with E-state index < -0.39 is 0 Å². The van der Waals surface area contributed by atoms with Crippen LogP contribution in [0.25, 0.3) is 11.0 Å². The lowest BCUT2D eigenvalue weighted by molar-refractivity contribution is 0.479. The van der Waals surface area contributed by atoms with E-state index in [9.17, 15) is 0 Å². The molecule has 0 aliphatic carbocycles. The molecule has 0 N–H and O–H groups in total. The number of hydrogen-bond acceptors (Lipinski definition) is 2. The monoisotopic (exact) mass is 358 g/mol. The van der Waals surface area contributed by atoms with Crippen molar-refractivity contribution in [3.8, 4) is 0 Å². The highest BCUT2D eigenvalue weighted by Gasteiger charge is 2.13. The second-order valence-corrected chi connectivity index (χ2v) is 7.54. The summed E-state index contributed by atoms with van der Waals surface area (Å²) in [4.78, 5) is 4.97. The van der Waals surface area contributed by atoms with Crippen LogP contribution in [0.3, 0.4) is 0 Å². The van der Waals surface area contributed by atoms with Crippen molar-refractivity contribution in [3.63, 3.8) is 0 Å². The van der Waals surface area contributed by atoms with Crippen molar-refractivity contribution >= 4 is 11.0 Å². The van der Waals surface area contributed by atoms with Crippen LogP contribution in [-0.4, -0.2) is 9.55 Å². The highest BCUT2D eigenvalue weighted by Crippen LogP contribution is 2.23. The quantitative estimate of drug-likeness (QED) is 0.458. The van der Waals surface area contributed by atoms with E-state index in [1.165, 1.54) is 27.8 Å². The zero-order valence-electron chi connectivity index (χ0n) is 16.5. The molecule has 0 amide bonds. The van der Waals surface area contributed by atoms with Gasteiger partial charge in [0.15, 0.2) is 0 Å². The molecule has 3 heteroatoms. The first-order valence-electron chi connectivity index (χ1n) is 9.57. The van der Waals surface area contributed by atoms with Gasteiger partial charge in [-0.25, -0.2) is 4.98 Å². The maximum Gasteiger partial charge on any atom is 0.110 e. The lowest BCUT2D eigenvalue weighted by atomic mass is 10.1. The molecule has 0 aliphatic heterocycles. The molecule has 27 heavy (non-hydrogen) atoms. The number of imidazole rings is 1. The third kappa shape index (κ3) is 3.68. The van der Waals surface area contributed by atoms with Gasteiger partial charge >= 0.3 is 0 Å². The first kappa shape index (κ1) is 17.6. The summed E-state index contributed by atoms with van der Waals surface area (Å²) in [6.45, 7) is 9.27. The number of benzene rings is 2. The van der Waals surface area contributed by atoms with E-state index in [4.69, 9.17) is 9.40 Å². The minimum absolute atomic E-state index is 0.839. The zero-order valence-corrected chi connectivity index (χ0v) is 16.5. The van der Waals surface area contributed by atoms with Crippen molar-refractivity contribution in [2.45, 2.75) is 47.1 Å². The van der Waals surface area contributed by atoms with E-state index in [-0.39, 0.29) is 0 Å². The van der Waals surface area contributed by atoms with E-state index >= 15 is 0 Å². The van der Waals surface area contributed by atoms with Crippen LogP contribution < -0.4 is 0 Å². The molecule has 0 spiro atoms. The molecule has 0 saturated heterocycles. The molecule has 0 saturated carbocycles. The number of hydrogen-bond donors (Lipinski definition) is 0. The van der Waals surface area contributed by atoms with Crippen molar-refractivity contribution in [3.05, 3.63) is 88.1 Å². The number of furan rings is 1. The Hall–Kier alpha value is -2.81. The standard InChI is InChI=1S/C24H26N2O/c1-16-5-8-20(9-6-16)15-26-23-14-18(3)17(2)13-22(23)25-24(26)12-11-21-10-7-19(4)27-21/h5-10,13-14H,11-12,15H2,1-4H3. The summed E-state index contributed by atoms with van der Waals surface area (Å²) in [6, 6.07) is 17.3. The van der Waals surface area contributed by atoms with Crippen molar-refractivity contribution in [1.82, 2.24) is 9.55 Å². The topological polar surface area (TPSA) is 31.0 Å². The summed E-state index contributed by atoms with van der Waals surface area (Å²) in [5.41, 5.74) is 7.47. The third-order valence-electron chi connectivity index (χ3n) is 5.30.